The lowest BCUT2D eigenvalue weighted by molar-refractivity contribution is -0.138. The van der Waals surface area contributed by atoms with Crippen molar-refractivity contribution in [1.29, 1.82) is 0 Å². The molecule has 6 heteroatoms. The molecule has 102 valence electrons. The van der Waals surface area contributed by atoms with Gasteiger partial charge in [-0.3, -0.25) is 14.5 Å². The van der Waals surface area contributed by atoms with E-state index in [2.05, 4.69) is 5.32 Å². The van der Waals surface area contributed by atoms with Crippen molar-refractivity contribution in [2.75, 3.05) is 18.4 Å². The van der Waals surface area contributed by atoms with Crippen LogP contribution >= 0.6 is 11.6 Å². The minimum atomic E-state index is -0.911. The molecule has 1 aromatic carbocycles. The molecule has 19 heavy (non-hydrogen) atoms. The largest absolute Gasteiger partial charge is 0.480 e. The third-order valence-electron chi connectivity index (χ3n) is 2.88. The number of carboxylic acids is 1. The number of anilines is 1. The summed E-state index contributed by atoms with van der Waals surface area (Å²) >= 11 is 5.75. The third kappa shape index (κ3) is 4.54. The van der Waals surface area contributed by atoms with Crippen molar-refractivity contribution >= 4 is 29.2 Å². The van der Waals surface area contributed by atoms with E-state index >= 15 is 0 Å². The van der Waals surface area contributed by atoms with Gasteiger partial charge in [0.2, 0.25) is 5.91 Å². The fourth-order valence-corrected chi connectivity index (χ4v) is 1.97. The number of amides is 1. The summed E-state index contributed by atoms with van der Waals surface area (Å²) in [6, 6.07) is 7.02. The molecular weight excluding hydrogens is 268 g/mol. The lowest BCUT2D eigenvalue weighted by Crippen LogP contribution is -2.38. The molecule has 0 heterocycles. The summed E-state index contributed by atoms with van der Waals surface area (Å²) in [5, 5.41) is 12.1. The van der Waals surface area contributed by atoms with Crippen LogP contribution in [0, 0.1) is 0 Å². The normalized spacial score (nSPS) is 14.4. The predicted molar refractivity (Wildman–Crippen MR) is 72.3 cm³/mol. The summed E-state index contributed by atoms with van der Waals surface area (Å²) in [5.41, 5.74) is 0.653. The Morgan fingerprint density at radius 2 is 1.89 bits per heavy atom. The van der Waals surface area contributed by atoms with E-state index in [-0.39, 0.29) is 25.0 Å². The number of nitrogens with one attached hydrogen (secondary N) is 1. The average molecular weight is 283 g/mol. The fourth-order valence-electron chi connectivity index (χ4n) is 1.85. The van der Waals surface area contributed by atoms with Gasteiger partial charge in [0.25, 0.3) is 0 Å². The molecule has 1 aromatic rings. The maximum atomic E-state index is 11.8. The van der Waals surface area contributed by atoms with Gasteiger partial charge in [0, 0.05) is 16.8 Å². The molecule has 0 radical (unpaired) electrons. The Morgan fingerprint density at radius 1 is 1.26 bits per heavy atom. The first-order valence-corrected chi connectivity index (χ1v) is 6.43. The van der Waals surface area contributed by atoms with Crippen molar-refractivity contribution in [2.24, 2.45) is 0 Å². The number of halogens is 1. The van der Waals surface area contributed by atoms with E-state index in [1.54, 1.807) is 29.2 Å². The second kappa shape index (κ2) is 6.04. The molecule has 1 saturated carbocycles. The number of nitrogens with zero attached hydrogens (tertiary/aromatic N) is 1. The highest BCUT2D eigenvalue weighted by Gasteiger charge is 2.31. The Bertz CT molecular complexity index is 471. The Labute approximate surface area is 116 Å². The van der Waals surface area contributed by atoms with Gasteiger partial charge in [0.05, 0.1) is 13.1 Å². The Kier molecular flexibility index (Phi) is 4.39. The van der Waals surface area contributed by atoms with Crippen molar-refractivity contribution < 1.29 is 14.7 Å². The summed E-state index contributed by atoms with van der Waals surface area (Å²) in [7, 11) is 0. The first-order chi connectivity index (χ1) is 9.04. The number of aliphatic carboxylic acids is 1. The van der Waals surface area contributed by atoms with E-state index in [0.29, 0.717) is 10.7 Å². The van der Waals surface area contributed by atoms with Crippen LogP contribution in [0.2, 0.25) is 5.02 Å². The summed E-state index contributed by atoms with van der Waals surface area (Å²) in [6.45, 7) is -0.00169. The second-order valence-electron chi connectivity index (χ2n) is 4.58. The Morgan fingerprint density at radius 3 is 2.42 bits per heavy atom. The molecule has 1 fully saturated rings. The van der Waals surface area contributed by atoms with Gasteiger partial charge in [-0.25, -0.2) is 0 Å². The van der Waals surface area contributed by atoms with Crippen molar-refractivity contribution in [2.45, 2.75) is 18.9 Å². The van der Waals surface area contributed by atoms with Gasteiger partial charge >= 0.3 is 5.97 Å². The number of carboxylic acid groups (broad SMARTS) is 1. The average Bonchev–Trinajstić information content (AvgIpc) is 3.14. The van der Waals surface area contributed by atoms with E-state index in [0.717, 1.165) is 12.8 Å². The molecule has 0 aromatic heterocycles. The molecule has 1 amide bonds. The van der Waals surface area contributed by atoms with Crippen LogP contribution in [-0.2, 0) is 9.59 Å². The lowest BCUT2D eigenvalue weighted by atomic mass is 10.3. The van der Waals surface area contributed by atoms with Crippen molar-refractivity contribution in [3.8, 4) is 0 Å². The molecule has 0 unspecified atom stereocenters. The molecule has 1 aliphatic carbocycles. The summed E-state index contributed by atoms with van der Waals surface area (Å²) in [4.78, 5) is 24.3. The van der Waals surface area contributed by atoms with Gasteiger partial charge in [0.1, 0.15) is 0 Å². The highest BCUT2D eigenvalue weighted by Crippen LogP contribution is 2.26. The van der Waals surface area contributed by atoms with Gasteiger partial charge in [-0.15, -0.1) is 0 Å². The highest BCUT2D eigenvalue weighted by molar-refractivity contribution is 6.30. The molecule has 2 N–H and O–H groups in total. The van der Waals surface area contributed by atoms with Gasteiger partial charge in [0.15, 0.2) is 0 Å². The zero-order valence-corrected chi connectivity index (χ0v) is 11.1. The summed E-state index contributed by atoms with van der Waals surface area (Å²) in [6.07, 6.45) is 1.92. The maximum absolute atomic E-state index is 11.8. The number of carbonyl (C=O) groups excluding carboxylic acids is 1. The van der Waals surface area contributed by atoms with Gasteiger partial charge in [-0.1, -0.05) is 11.6 Å². The molecule has 0 saturated heterocycles. The number of benzene rings is 1. The Hall–Kier alpha value is -1.59. The maximum Gasteiger partial charge on any atom is 0.317 e. The van der Waals surface area contributed by atoms with Crippen LogP contribution < -0.4 is 5.32 Å². The summed E-state index contributed by atoms with van der Waals surface area (Å²) in [5.74, 6) is -1.12. The van der Waals surface area contributed by atoms with Crippen LogP contribution in [0.4, 0.5) is 5.69 Å². The fraction of sp³-hybridized carbons (Fsp3) is 0.385. The van der Waals surface area contributed by atoms with Crippen molar-refractivity contribution in [1.82, 2.24) is 4.90 Å². The monoisotopic (exact) mass is 282 g/mol. The minimum absolute atomic E-state index is 0.0968. The van der Waals surface area contributed by atoms with E-state index in [9.17, 15) is 9.59 Å². The first kappa shape index (κ1) is 13.8. The summed E-state index contributed by atoms with van der Waals surface area (Å²) < 4.78 is 0. The van der Waals surface area contributed by atoms with E-state index in [1.807, 2.05) is 0 Å². The molecule has 2 rings (SSSR count). The van der Waals surface area contributed by atoms with Crippen LogP contribution in [-0.4, -0.2) is 41.0 Å². The van der Waals surface area contributed by atoms with E-state index < -0.39 is 5.97 Å². The molecule has 5 nitrogen and oxygen atoms in total. The number of hydrogen-bond acceptors (Lipinski definition) is 3. The third-order valence-corrected chi connectivity index (χ3v) is 3.13. The quantitative estimate of drug-likeness (QED) is 0.835. The molecule has 0 spiro atoms. The van der Waals surface area contributed by atoms with E-state index in [1.165, 1.54) is 0 Å². The smallest absolute Gasteiger partial charge is 0.317 e. The van der Waals surface area contributed by atoms with Gasteiger partial charge in [-0.05, 0) is 37.1 Å². The first-order valence-electron chi connectivity index (χ1n) is 6.06. The van der Waals surface area contributed by atoms with Crippen LogP contribution in [0.25, 0.3) is 0 Å². The second-order valence-corrected chi connectivity index (χ2v) is 5.02. The molecule has 0 aliphatic heterocycles. The number of carbonyl (C=O) groups is 2. The predicted octanol–water partition coefficient (Wildman–Crippen LogP) is 1.83. The van der Waals surface area contributed by atoms with Crippen LogP contribution in [0.1, 0.15) is 12.8 Å². The molecular formula is C13H15ClN2O3. The van der Waals surface area contributed by atoms with E-state index in [4.69, 9.17) is 16.7 Å². The highest BCUT2D eigenvalue weighted by atomic mass is 35.5. The number of hydrogen-bond donors (Lipinski definition) is 2. The topological polar surface area (TPSA) is 69.6 Å². The SMILES string of the molecule is O=C(O)CN(CC(=O)Nc1ccc(Cl)cc1)C1CC1. The standard InChI is InChI=1S/C13H15ClN2O3/c14-9-1-3-10(4-2-9)15-12(17)7-16(8-13(18)19)11-5-6-11/h1-4,11H,5-8H2,(H,15,17)(H,18,19). The van der Waals surface area contributed by atoms with Gasteiger partial charge < -0.3 is 10.4 Å². The molecule has 0 bridgehead atoms. The number of rotatable bonds is 6. The minimum Gasteiger partial charge on any atom is -0.480 e. The molecule has 0 atom stereocenters. The zero-order valence-electron chi connectivity index (χ0n) is 10.3. The van der Waals surface area contributed by atoms with Crippen LogP contribution in [0.3, 0.4) is 0 Å². The van der Waals surface area contributed by atoms with Crippen molar-refractivity contribution in [3.63, 3.8) is 0 Å². The lowest BCUT2D eigenvalue weighted by Gasteiger charge is -2.18. The van der Waals surface area contributed by atoms with Crippen LogP contribution in [0.15, 0.2) is 24.3 Å². The molecule has 1 aliphatic rings. The Balaban J connectivity index is 1.88. The van der Waals surface area contributed by atoms with Gasteiger partial charge in [-0.2, -0.15) is 0 Å². The van der Waals surface area contributed by atoms with Crippen LogP contribution in [0.5, 0.6) is 0 Å². The van der Waals surface area contributed by atoms with Crippen molar-refractivity contribution in [3.05, 3.63) is 29.3 Å². The zero-order chi connectivity index (χ0) is 13.8.